The molecule has 30 heavy (non-hydrogen) atoms. The van der Waals surface area contributed by atoms with E-state index in [9.17, 15) is 19.5 Å². The minimum atomic E-state index is -1.54. The summed E-state index contributed by atoms with van der Waals surface area (Å²) in [6.45, 7) is 7.00. The van der Waals surface area contributed by atoms with Crippen molar-refractivity contribution in [3.05, 3.63) is 23.8 Å². The van der Waals surface area contributed by atoms with E-state index >= 15 is 0 Å². The number of Topliss-reactive ketones (excluding diaryl/α,β-unsaturated/α-hetero) is 1. The molecule has 0 radical (unpaired) electrons. The standard InChI is InChI=1S/C24H30O6/c1-13-9-18-17-6-5-15-10-16(26)7-8-21(15,3)24(17)20(30-24)11-22(18,4)23(13,28)19(27)12-29-14(2)25/h7-8,10,13,17-18,20,28H,5-6,9,11-12H2,1-4H3/t13-,17?,18+,20+,21+,22+,23+,24-/m1/s1. The Hall–Kier alpha value is -1.79. The van der Waals surface area contributed by atoms with Gasteiger partial charge in [0.25, 0.3) is 0 Å². The molecule has 162 valence electrons. The SMILES string of the molecule is CC(=O)OCC(=O)[C@@]1(O)[C@H](C)C[C@H]2C3CCC4=CC(=O)C=C[C@]4(C)[C@@]34O[C@H]4C[C@@]21C. The number of carbonyl (C=O) groups is 3. The summed E-state index contributed by atoms with van der Waals surface area (Å²) in [6.07, 6.45) is 8.43. The van der Waals surface area contributed by atoms with E-state index in [1.807, 2.05) is 19.9 Å². The van der Waals surface area contributed by atoms with Crippen LogP contribution in [0.1, 0.15) is 53.4 Å². The topological polar surface area (TPSA) is 93.2 Å². The molecule has 1 spiro atoms. The molecule has 1 N–H and O–H groups in total. The number of allylic oxidation sites excluding steroid dienone is 2. The van der Waals surface area contributed by atoms with Gasteiger partial charge in [0.05, 0.1) is 6.10 Å². The van der Waals surface area contributed by atoms with Gasteiger partial charge in [-0.15, -0.1) is 0 Å². The van der Waals surface area contributed by atoms with Crippen LogP contribution in [-0.2, 0) is 23.9 Å². The lowest BCUT2D eigenvalue weighted by molar-refractivity contribution is -0.170. The third kappa shape index (κ3) is 2.14. The Morgan fingerprint density at radius 1 is 1.30 bits per heavy atom. The number of carbonyl (C=O) groups excluding carboxylic acids is 3. The Labute approximate surface area is 176 Å². The first-order valence-electron chi connectivity index (χ1n) is 11.0. The maximum atomic E-state index is 13.1. The van der Waals surface area contributed by atoms with Crippen molar-refractivity contribution >= 4 is 17.5 Å². The summed E-state index contributed by atoms with van der Waals surface area (Å²) in [7, 11) is 0. The van der Waals surface area contributed by atoms with E-state index in [0.717, 1.165) is 24.8 Å². The van der Waals surface area contributed by atoms with Crippen LogP contribution in [0.3, 0.4) is 0 Å². The number of hydrogen-bond acceptors (Lipinski definition) is 6. The van der Waals surface area contributed by atoms with Gasteiger partial charge in [-0.05, 0) is 62.5 Å². The molecule has 6 nitrogen and oxygen atoms in total. The molecule has 4 fully saturated rings. The van der Waals surface area contributed by atoms with Crippen LogP contribution >= 0.6 is 0 Å². The normalized spacial score (nSPS) is 50.6. The summed E-state index contributed by atoms with van der Waals surface area (Å²) in [4.78, 5) is 36.3. The molecule has 1 unspecified atom stereocenters. The highest BCUT2D eigenvalue weighted by Gasteiger charge is 2.81. The first kappa shape index (κ1) is 20.1. The largest absolute Gasteiger partial charge is 0.458 e. The van der Waals surface area contributed by atoms with Crippen molar-refractivity contribution in [1.82, 2.24) is 0 Å². The van der Waals surface area contributed by atoms with Crippen LogP contribution in [0.5, 0.6) is 0 Å². The monoisotopic (exact) mass is 414 g/mol. The first-order valence-corrected chi connectivity index (χ1v) is 11.0. The maximum absolute atomic E-state index is 13.1. The molecular weight excluding hydrogens is 384 g/mol. The van der Waals surface area contributed by atoms with Crippen LogP contribution in [0.15, 0.2) is 23.8 Å². The number of hydrogen-bond donors (Lipinski definition) is 1. The summed E-state index contributed by atoms with van der Waals surface area (Å²) < 4.78 is 11.4. The molecule has 1 aliphatic heterocycles. The highest BCUT2D eigenvalue weighted by molar-refractivity contribution is 6.01. The lowest BCUT2D eigenvalue weighted by Crippen LogP contribution is -2.62. The number of ketones is 2. The maximum Gasteiger partial charge on any atom is 0.303 e. The van der Waals surface area contributed by atoms with Gasteiger partial charge >= 0.3 is 5.97 Å². The van der Waals surface area contributed by atoms with Gasteiger partial charge in [-0.2, -0.15) is 0 Å². The zero-order valence-electron chi connectivity index (χ0n) is 18.1. The molecule has 0 aromatic rings. The summed E-state index contributed by atoms with van der Waals surface area (Å²) in [6, 6.07) is 0. The van der Waals surface area contributed by atoms with Crippen LogP contribution in [0, 0.1) is 28.6 Å². The highest BCUT2D eigenvalue weighted by atomic mass is 16.6. The van der Waals surface area contributed by atoms with E-state index in [2.05, 4.69) is 6.92 Å². The molecule has 0 aromatic heterocycles. The summed E-state index contributed by atoms with van der Waals surface area (Å²) >= 11 is 0. The molecule has 6 heteroatoms. The van der Waals surface area contributed by atoms with Gasteiger partial charge < -0.3 is 14.6 Å². The van der Waals surface area contributed by atoms with Gasteiger partial charge in [0.2, 0.25) is 5.78 Å². The van der Waals surface area contributed by atoms with E-state index in [0.29, 0.717) is 6.42 Å². The average Bonchev–Trinajstić information content (AvgIpc) is 3.36. The molecule has 0 amide bonds. The number of rotatable bonds is 3. The zero-order chi connectivity index (χ0) is 21.7. The van der Waals surface area contributed by atoms with Crippen molar-refractivity contribution < 1.29 is 29.0 Å². The predicted octanol–water partition coefficient (Wildman–Crippen LogP) is 2.53. The predicted molar refractivity (Wildman–Crippen MR) is 107 cm³/mol. The molecule has 4 aliphatic carbocycles. The van der Waals surface area contributed by atoms with Crippen LogP contribution < -0.4 is 0 Å². The number of ether oxygens (including phenoxy) is 2. The van der Waals surface area contributed by atoms with Crippen molar-refractivity contribution in [3.63, 3.8) is 0 Å². The summed E-state index contributed by atoms with van der Waals surface area (Å²) in [5.41, 5.74) is -1.71. The van der Waals surface area contributed by atoms with Gasteiger partial charge in [-0.3, -0.25) is 14.4 Å². The second kappa shape index (κ2) is 5.92. The molecule has 3 saturated carbocycles. The third-order valence-corrected chi connectivity index (χ3v) is 9.35. The van der Waals surface area contributed by atoms with Crippen molar-refractivity contribution in [3.8, 4) is 0 Å². The number of esters is 1. The summed E-state index contributed by atoms with van der Waals surface area (Å²) in [5, 5.41) is 11.8. The average molecular weight is 414 g/mol. The fourth-order valence-electron chi connectivity index (χ4n) is 7.85. The van der Waals surface area contributed by atoms with Crippen molar-refractivity contribution in [1.29, 1.82) is 0 Å². The van der Waals surface area contributed by atoms with Gasteiger partial charge in [-0.1, -0.05) is 25.5 Å². The smallest absolute Gasteiger partial charge is 0.303 e. The lowest BCUT2D eigenvalue weighted by Gasteiger charge is -2.55. The third-order valence-electron chi connectivity index (χ3n) is 9.35. The Kier molecular flexibility index (Phi) is 3.97. The van der Waals surface area contributed by atoms with E-state index in [1.54, 1.807) is 12.2 Å². The Morgan fingerprint density at radius 2 is 2.03 bits per heavy atom. The molecule has 0 bridgehead atoms. The number of aliphatic hydroxyl groups is 1. The second-order valence-corrected chi connectivity index (χ2v) is 10.5. The Balaban J connectivity index is 1.52. The Bertz CT molecular complexity index is 919. The van der Waals surface area contributed by atoms with Gasteiger partial charge in [0, 0.05) is 17.8 Å². The molecule has 5 aliphatic rings. The highest BCUT2D eigenvalue weighted by Crippen LogP contribution is 2.76. The number of fused-ring (bicyclic) bond motifs is 3. The molecule has 1 heterocycles. The van der Waals surface area contributed by atoms with E-state index < -0.39 is 29.4 Å². The van der Waals surface area contributed by atoms with Gasteiger partial charge in [0.1, 0.15) is 11.2 Å². The molecule has 5 rings (SSSR count). The quantitative estimate of drug-likeness (QED) is 0.564. The van der Waals surface area contributed by atoms with E-state index in [4.69, 9.17) is 9.47 Å². The van der Waals surface area contributed by atoms with Gasteiger partial charge in [-0.25, -0.2) is 0 Å². The van der Waals surface area contributed by atoms with Crippen LogP contribution in [0.4, 0.5) is 0 Å². The van der Waals surface area contributed by atoms with Crippen molar-refractivity contribution in [2.24, 2.45) is 28.6 Å². The Morgan fingerprint density at radius 3 is 2.73 bits per heavy atom. The van der Waals surface area contributed by atoms with Crippen LogP contribution in [0.2, 0.25) is 0 Å². The molecule has 8 atom stereocenters. The minimum absolute atomic E-state index is 0.0371. The van der Waals surface area contributed by atoms with E-state index in [-0.39, 0.29) is 40.7 Å². The molecule has 1 saturated heterocycles. The van der Waals surface area contributed by atoms with Gasteiger partial charge in [0.15, 0.2) is 12.4 Å². The van der Waals surface area contributed by atoms with Crippen molar-refractivity contribution in [2.75, 3.05) is 6.61 Å². The van der Waals surface area contributed by atoms with E-state index in [1.165, 1.54) is 6.92 Å². The van der Waals surface area contributed by atoms with Crippen LogP contribution in [-0.4, -0.2) is 46.6 Å². The fraction of sp³-hybridized carbons (Fsp3) is 0.708. The molecular formula is C24H30O6. The lowest BCUT2D eigenvalue weighted by atomic mass is 9.46. The minimum Gasteiger partial charge on any atom is -0.458 e. The number of epoxide rings is 1. The van der Waals surface area contributed by atoms with Crippen LogP contribution in [0.25, 0.3) is 0 Å². The second-order valence-electron chi connectivity index (χ2n) is 10.5. The zero-order valence-corrected chi connectivity index (χ0v) is 18.1. The summed E-state index contributed by atoms with van der Waals surface area (Å²) in [5.74, 6) is -0.783. The fourth-order valence-corrected chi connectivity index (χ4v) is 7.85. The molecule has 0 aromatic carbocycles. The first-order chi connectivity index (χ1) is 14.0. The van der Waals surface area contributed by atoms with Crippen molar-refractivity contribution in [2.45, 2.75) is 70.7 Å².